The summed E-state index contributed by atoms with van der Waals surface area (Å²) in [5, 5.41) is 9.13. The average Bonchev–Trinajstić information content (AvgIpc) is 3.19. The third-order valence-corrected chi connectivity index (χ3v) is 4.61. The summed E-state index contributed by atoms with van der Waals surface area (Å²) in [4.78, 5) is 16.4. The standard InChI is InChI=1S/C16H14N2OS2/c1-2-11-3-5-12(6-4-11)14-10-21-16(17-14)18-15(19)13-7-8-20-9-13/h3-10H,2H2,1H3,(H,17,18,19). The lowest BCUT2D eigenvalue weighted by Gasteiger charge is -2.00. The quantitative estimate of drug-likeness (QED) is 0.759. The van der Waals surface area contributed by atoms with Crippen molar-refractivity contribution < 1.29 is 4.79 Å². The third kappa shape index (κ3) is 3.20. The summed E-state index contributed by atoms with van der Waals surface area (Å²) in [5.41, 5.74) is 3.94. The van der Waals surface area contributed by atoms with Crippen molar-refractivity contribution in [3.8, 4) is 11.3 Å². The first kappa shape index (κ1) is 14.0. The first-order valence-corrected chi connectivity index (χ1v) is 8.47. The van der Waals surface area contributed by atoms with Crippen LogP contribution >= 0.6 is 22.7 Å². The fourth-order valence-electron chi connectivity index (χ4n) is 1.94. The van der Waals surface area contributed by atoms with E-state index in [1.165, 1.54) is 28.2 Å². The number of carbonyl (C=O) groups excluding carboxylic acids is 1. The lowest BCUT2D eigenvalue weighted by molar-refractivity contribution is 0.102. The number of rotatable bonds is 4. The van der Waals surface area contributed by atoms with Gasteiger partial charge in [0.2, 0.25) is 0 Å². The van der Waals surface area contributed by atoms with Gasteiger partial charge in [-0.3, -0.25) is 10.1 Å². The highest BCUT2D eigenvalue weighted by atomic mass is 32.1. The van der Waals surface area contributed by atoms with E-state index in [4.69, 9.17) is 0 Å². The molecule has 0 aliphatic heterocycles. The van der Waals surface area contributed by atoms with Gasteiger partial charge in [-0.05, 0) is 23.4 Å². The highest BCUT2D eigenvalue weighted by molar-refractivity contribution is 7.14. The lowest BCUT2D eigenvalue weighted by Crippen LogP contribution is -2.10. The molecule has 0 spiro atoms. The Balaban J connectivity index is 1.75. The molecule has 0 atom stereocenters. The van der Waals surface area contributed by atoms with Gasteiger partial charge in [0.05, 0.1) is 11.3 Å². The van der Waals surface area contributed by atoms with Crippen LogP contribution in [-0.2, 0) is 6.42 Å². The molecule has 2 heterocycles. The summed E-state index contributed by atoms with van der Waals surface area (Å²) in [6.07, 6.45) is 1.03. The minimum atomic E-state index is -0.113. The van der Waals surface area contributed by atoms with Crippen molar-refractivity contribution in [3.63, 3.8) is 0 Å². The van der Waals surface area contributed by atoms with Crippen molar-refractivity contribution in [2.45, 2.75) is 13.3 Å². The molecular weight excluding hydrogens is 300 g/mol. The van der Waals surface area contributed by atoms with E-state index in [2.05, 4.69) is 41.5 Å². The summed E-state index contributed by atoms with van der Waals surface area (Å²) < 4.78 is 0. The Morgan fingerprint density at radius 2 is 2.00 bits per heavy atom. The van der Waals surface area contributed by atoms with Crippen molar-refractivity contribution in [1.82, 2.24) is 4.98 Å². The maximum atomic E-state index is 12.0. The van der Waals surface area contributed by atoms with Crippen LogP contribution in [0.5, 0.6) is 0 Å². The predicted molar refractivity (Wildman–Crippen MR) is 89.2 cm³/mol. The smallest absolute Gasteiger partial charge is 0.258 e. The van der Waals surface area contributed by atoms with E-state index in [0.717, 1.165) is 17.7 Å². The van der Waals surface area contributed by atoms with Crippen LogP contribution in [0.1, 0.15) is 22.8 Å². The minimum absolute atomic E-state index is 0.113. The van der Waals surface area contributed by atoms with E-state index in [9.17, 15) is 4.79 Å². The number of aryl methyl sites for hydroxylation is 1. The maximum Gasteiger partial charge on any atom is 0.258 e. The molecule has 2 aromatic heterocycles. The number of benzene rings is 1. The summed E-state index contributed by atoms with van der Waals surface area (Å²) in [6, 6.07) is 10.2. The SMILES string of the molecule is CCc1ccc(-c2csc(NC(=O)c3ccsc3)n2)cc1. The second-order valence-electron chi connectivity index (χ2n) is 4.55. The molecule has 3 rings (SSSR count). The Hall–Kier alpha value is -1.98. The molecule has 1 N–H and O–H groups in total. The number of thiazole rings is 1. The monoisotopic (exact) mass is 314 g/mol. The molecule has 0 radical (unpaired) electrons. The van der Waals surface area contributed by atoms with Gasteiger partial charge in [-0.2, -0.15) is 11.3 Å². The summed E-state index contributed by atoms with van der Waals surface area (Å²) in [7, 11) is 0. The van der Waals surface area contributed by atoms with E-state index in [0.29, 0.717) is 10.7 Å². The van der Waals surface area contributed by atoms with Crippen LogP contribution in [0.25, 0.3) is 11.3 Å². The molecule has 0 saturated carbocycles. The molecule has 106 valence electrons. The number of thiophene rings is 1. The minimum Gasteiger partial charge on any atom is -0.298 e. The Labute approximate surface area is 131 Å². The summed E-state index contributed by atoms with van der Waals surface area (Å²) >= 11 is 2.95. The molecule has 5 heteroatoms. The molecule has 3 nitrogen and oxygen atoms in total. The number of nitrogens with one attached hydrogen (secondary N) is 1. The van der Waals surface area contributed by atoms with Gasteiger partial charge in [0.25, 0.3) is 5.91 Å². The molecule has 0 aliphatic rings. The number of nitrogens with zero attached hydrogens (tertiary/aromatic N) is 1. The van der Waals surface area contributed by atoms with Gasteiger partial charge >= 0.3 is 0 Å². The molecule has 0 saturated heterocycles. The van der Waals surface area contributed by atoms with Crippen LogP contribution in [0, 0.1) is 0 Å². The van der Waals surface area contributed by atoms with Crippen molar-refractivity contribution in [2.24, 2.45) is 0 Å². The van der Waals surface area contributed by atoms with Crippen LogP contribution in [0.15, 0.2) is 46.5 Å². The van der Waals surface area contributed by atoms with E-state index in [-0.39, 0.29) is 5.91 Å². The van der Waals surface area contributed by atoms with Gasteiger partial charge in [-0.25, -0.2) is 4.98 Å². The normalized spacial score (nSPS) is 10.5. The van der Waals surface area contributed by atoms with Crippen molar-refractivity contribution in [3.05, 3.63) is 57.6 Å². The van der Waals surface area contributed by atoms with Gasteiger partial charge in [0.1, 0.15) is 0 Å². The van der Waals surface area contributed by atoms with Gasteiger partial charge in [0, 0.05) is 16.3 Å². The van der Waals surface area contributed by atoms with Crippen LogP contribution in [-0.4, -0.2) is 10.9 Å². The van der Waals surface area contributed by atoms with E-state index >= 15 is 0 Å². The first-order valence-electron chi connectivity index (χ1n) is 6.64. The second kappa shape index (κ2) is 6.20. The molecule has 0 unspecified atom stereocenters. The zero-order valence-corrected chi connectivity index (χ0v) is 13.1. The molecule has 1 aromatic carbocycles. The fraction of sp³-hybridized carbons (Fsp3) is 0.125. The highest BCUT2D eigenvalue weighted by Gasteiger charge is 2.10. The predicted octanol–water partition coefficient (Wildman–Crippen LogP) is 4.69. The van der Waals surface area contributed by atoms with Crippen molar-refractivity contribution in [2.75, 3.05) is 5.32 Å². The zero-order valence-electron chi connectivity index (χ0n) is 11.5. The number of hydrogen-bond donors (Lipinski definition) is 1. The third-order valence-electron chi connectivity index (χ3n) is 3.17. The van der Waals surface area contributed by atoms with Gasteiger partial charge in [0.15, 0.2) is 5.13 Å². The molecule has 1 amide bonds. The number of anilines is 1. The zero-order chi connectivity index (χ0) is 14.7. The van der Waals surface area contributed by atoms with E-state index < -0.39 is 0 Å². The Morgan fingerprint density at radius 1 is 1.19 bits per heavy atom. The Bertz CT molecular complexity index is 730. The van der Waals surface area contributed by atoms with Gasteiger partial charge in [-0.15, -0.1) is 11.3 Å². The maximum absolute atomic E-state index is 12.0. The molecular formula is C16H14N2OS2. The van der Waals surface area contributed by atoms with Gasteiger partial charge in [-0.1, -0.05) is 31.2 Å². The number of aromatic nitrogens is 1. The van der Waals surface area contributed by atoms with Gasteiger partial charge < -0.3 is 0 Å². The van der Waals surface area contributed by atoms with Crippen LogP contribution in [0.3, 0.4) is 0 Å². The second-order valence-corrected chi connectivity index (χ2v) is 6.19. The summed E-state index contributed by atoms with van der Waals surface area (Å²) in [6.45, 7) is 2.13. The Morgan fingerprint density at radius 3 is 2.67 bits per heavy atom. The lowest BCUT2D eigenvalue weighted by atomic mass is 10.1. The fourth-order valence-corrected chi connectivity index (χ4v) is 3.29. The molecule has 0 fully saturated rings. The molecule has 0 bridgehead atoms. The first-order chi connectivity index (χ1) is 10.3. The number of carbonyl (C=O) groups is 1. The largest absolute Gasteiger partial charge is 0.298 e. The molecule has 3 aromatic rings. The average molecular weight is 314 g/mol. The molecule has 0 aliphatic carbocycles. The van der Waals surface area contributed by atoms with Crippen LogP contribution in [0.2, 0.25) is 0 Å². The van der Waals surface area contributed by atoms with E-state index in [1.807, 2.05) is 16.1 Å². The Kier molecular flexibility index (Phi) is 4.13. The number of amides is 1. The topological polar surface area (TPSA) is 42.0 Å². The molecule has 21 heavy (non-hydrogen) atoms. The highest BCUT2D eigenvalue weighted by Crippen LogP contribution is 2.25. The van der Waals surface area contributed by atoms with E-state index in [1.54, 1.807) is 6.07 Å². The van der Waals surface area contributed by atoms with Crippen molar-refractivity contribution in [1.29, 1.82) is 0 Å². The number of hydrogen-bond acceptors (Lipinski definition) is 4. The van der Waals surface area contributed by atoms with Crippen LogP contribution in [0.4, 0.5) is 5.13 Å². The summed E-state index contributed by atoms with van der Waals surface area (Å²) in [5.74, 6) is -0.113. The van der Waals surface area contributed by atoms with Crippen molar-refractivity contribution >= 4 is 33.7 Å². The van der Waals surface area contributed by atoms with Crippen LogP contribution < -0.4 is 5.32 Å².